The Kier molecular flexibility index (Phi) is 3.77. The van der Waals surface area contributed by atoms with Crippen molar-refractivity contribution < 1.29 is 14.0 Å². The Morgan fingerprint density at radius 3 is 2.74 bits per heavy atom. The number of carbonyl (C=O) groups excluding carboxylic acids is 2. The van der Waals surface area contributed by atoms with E-state index in [1.807, 2.05) is 13.0 Å². The van der Waals surface area contributed by atoms with Gasteiger partial charge in [-0.05, 0) is 24.1 Å². The number of benzene rings is 1. The lowest BCUT2D eigenvalue weighted by molar-refractivity contribution is 0.0835. The molecular formula is C16H17N3O4. The van der Waals surface area contributed by atoms with Gasteiger partial charge >= 0.3 is 6.03 Å². The van der Waals surface area contributed by atoms with Gasteiger partial charge in [0, 0.05) is 19.2 Å². The van der Waals surface area contributed by atoms with Crippen molar-refractivity contribution in [2.24, 2.45) is 5.73 Å². The molecule has 3 rings (SSSR count). The highest BCUT2D eigenvalue weighted by atomic mass is 16.3. The fraction of sp³-hybridized carbons (Fsp3) is 0.312. The van der Waals surface area contributed by atoms with Crippen molar-refractivity contribution in [1.29, 1.82) is 0 Å². The molecule has 23 heavy (non-hydrogen) atoms. The summed E-state index contributed by atoms with van der Waals surface area (Å²) < 4.78 is 5.53. The number of nitrogens with one attached hydrogen (secondary N) is 1. The lowest BCUT2D eigenvalue weighted by atomic mass is 10.1. The van der Waals surface area contributed by atoms with Crippen molar-refractivity contribution in [3.63, 3.8) is 0 Å². The number of hydrogen-bond donors (Lipinski definition) is 2. The van der Waals surface area contributed by atoms with Gasteiger partial charge in [0.25, 0.3) is 5.91 Å². The average Bonchev–Trinajstić information content (AvgIpc) is 2.49. The van der Waals surface area contributed by atoms with E-state index in [2.05, 4.69) is 5.32 Å². The Balaban J connectivity index is 1.79. The minimum absolute atomic E-state index is 0.0377. The minimum atomic E-state index is -0.514. The first kappa shape index (κ1) is 15.1. The van der Waals surface area contributed by atoms with Crippen molar-refractivity contribution in [2.75, 3.05) is 13.1 Å². The average molecular weight is 315 g/mol. The summed E-state index contributed by atoms with van der Waals surface area (Å²) in [5.41, 5.74) is 6.28. The van der Waals surface area contributed by atoms with Gasteiger partial charge in [-0.2, -0.15) is 0 Å². The number of amides is 3. The van der Waals surface area contributed by atoms with Gasteiger partial charge in [0.1, 0.15) is 5.58 Å². The van der Waals surface area contributed by atoms with E-state index in [0.29, 0.717) is 24.1 Å². The van der Waals surface area contributed by atoms with E-state index in [9.17, 15) is 14.4 Å². The quantitative estimate of drug-likeness (QED) is 0.875. The van der Waals surface area contributed by atoms with Crippen LogP contribution in [0.3, 0.4) is 0 Å². The highest BCUT2D eigenvalue weighted by molar-refractivity contribution is 5.93. The number of hydrogen-bond acceptors (Lipinski definition) is 4. The van der Waals surface area contributed by atoms with Gasteiger partial charge < -0.3 is 20.4 Å². The number of fused-ring (bicyclic) bond motifs is 1. The summed E-state index contributed by atoms with van der Waals surface area (Å²) in [7, 11) is 0. The first-order chi connectivity index (χ1) is 11.0. The Bertz CT molecular complexity index is 837. The van der Waals surface area contributed by atoms with E-state index in [0.717, 1.165) is 12.0 Å². The van der Waals surface area contributed by atoms with Gasteiger partial charge in [0.15, 0.2) is 11.2 Å². The number of nitrogens with two attached hydrogens (primary N) is 1. The third-order valence-corrected chi connectivity index (χ3v) is 3.95. The van der Waals surface area contributed by atoms with Crippen molar-refractivity contribution in [3.05, 3.63) is 45.8 Å². The molecule has 0 spiro atoms. The summed E-state index contributed by atoms with van der Waals surface area (Å²) in [6, 6.07) is 5.84. The first-order valence-corrected chi connectivity index (χ1v) is 7.40. The monoisotopic (exact) mass is 315 g/mol. The molecule has 2 aromatic rings. The van der Waals surface area contributed by atoms with Crippen LogP contribution in [-0.2, 0) is 6.42 Å². The fourth-order valence-corrected chi connectivity index (χ4v) is 2.54. The molecule has 3 N–H and O–H groups in total. The van der Waals surface area contributed by atoms with Crippen LogP contribution in [0.1, 0.15) is 23.0 Å². The summed E-state index contributed by atoms with van der Waals surface area (Å²) in [4.78, 5) is 36.7. The minimum Gasteiger partial charge on any atom is -0.451 e. The molecule has 1 saturated heterocycles. The van der Waals surface area contributed by atoms with Gasteiger partial charge in [-0.15, -0.1) is 0 Å². The van der Waals surface area contributed by atoms with Gasteiger partial charge in [-0.3, -0.25) is 9.59 Å². The highest BCUT2D eigenvalue weighted by Gasteiger charge is 2.31. The fourth-order valence-electron chi connectivity index (χ4n) is 2.54. The van der Waals surface area contributed by atoms with Crippen LogP contribution in [0.5, 0.6) is 0 Å². The summed E-state index contributed by atoms with van der Waals surface area (Å²) >= 11 is 0. The number of nitrogens with zero attached hydrogens (tertiary/aromatic N) is 1. The zero-order valence-electron chi connectivity index (χ0n) is 12.7. The van der Waals surface area contributed by atoms with E-state index in [4.69, 9.17) is 10.2 Å². The zero-order valence-corrected chi connectivity index (χ0v) is 12.7. The molecule has 0 atom stereocenters. The number of aryl methyl sites for hydroxylation is 1. The second-order valence-corrected chi connectivity index (χ2v) is 5.57. The molecule has 1 aromatic carbocycles. The smallest absolute Gasteiger partial charge is 0.314 e. The molecular weight excluding hydrogens is 298 g/mol. The molecule has 1 aliphatic rings. The van der Waals surface area contributed by atoms with E-state index in [-0.39, 0.29) is 17.2 Å². The summed E-state index contributed by atoms with van der Waals surface area (Å²) in [5.74, 6) is -0.512. The molecule has 7 nitrogen and oxygen atoms in total. The molecule has 7 heteroatoms. The first-order valence-electron chi connectivity index (χ1n) is 7.40. The van der Waals surface area contributed by atoms with Crippen molar-refractivity contribution in [3.8, 4) is 0 Å². The Labute approximate surface area is 132 Å². The van der Waals surface area contributed by atoms with Crippen LogP contribution < -0.4 is 16.5 Å². The van der Waals surface area contributed by atoms with Crippen LogP contribution in [0.4, 0.5) is 4.79 Å². The molecule has 0 bridgehead atoms. The van der Waals surface area contributed by atoms with Crippen molar-refractivity contribution in [2.45, 2.75) is 19.4 Å². The predicted molar refractivity (Wildman–Crippen MR) is 84.3 cm³/mol. The predicted octanol–water partition coefficient (Wildman–Crippen LogP) is 0.848. The third kappa shape index (κ3) is 2.90. The van der Waals surface area contributed by atoms with E-state index < -0.39 is 11.9 Å². The van der Waals surface area contributed by atoms with Crippen LogP contribution >= 0.6 is 0 Å². The zero-order chi connectivity index (χ0) is 16.6. The van der Waals surface area contributed by atoms with Gasteiger partial charge in [0.05, 0.1) is 11.4 Å². The number of rotatable bonds is 3. The summed E-state index contributed by atoms with van der Waals surface area (Å²) in [5, 5.41) is 3.17. The van der Waals surface area contributed by atoms with Crippen molar-refractivity contribution in [1.82, 2.24) is 10.2 Å². The second-order valence-electron chi connectivity index (χ2n) is 5.57. The topological polar surface area (TPSA) is 106 Å². The Morgan fingerprint density at radius 1 is 1.35 bits per heavy atom. The second kappa shape index (κ2) is 5.75. The molecule has 120 valence electrons. The Morgan fingerprint density at radius 2 is 2.09 bits per heavy atom. The third-order valence-electron chi connectivity index (χ3n) is 3.95. The highest BCUT2D eigenvalue weighted by Crippen LogP contribution is 2.15. The van der Waals surface area contributed by atoms with Gasteiger partial charge in [0.2, 0.25) is 0 Å². The molecule has 0 unspecified atom stereocenters. The molecule has 0 aliphatic carbocycles. The lowest BCUT2D eigenvalue weighted by Crippen LogP contribution is -2.62. The molecule has 1 aromatic heterocycles. The maximum atomic E-state index is 12.2. The van der Waals surface area contributed by atoms with Crippen LogP contribution in [0, 0.1) is 0 Å². The number of urea groups is 1. The number of carbonyl (C=O) groups is 2. The van der Waals surface area contributed by atoms with Gasteiger partial charge in [-0.1, -0.05) is 13.0 Å². The van der Waals surface area contributed by atoms with Crippen LogP contribution in [0.2, 0.25) is 0 Å². The normalized spacial score (nSPS) is 14.6. The largest absolute Gasteiger partial charge is 0.451 e. The molecule has 1 aliphatic heterocycles. The van der Waals surface area contributed by atoms with E-state index in [1.165, 1.54) is 11.0 Å². The summed E-state index contributed by atoms with van der Waals surface area (Å²) in [6.45, 7) is 2.72. The number of likely N-dealkylation sites (tertiary alicyclic amines) is 1. The molecule has 2 heterocycles. The van der Waals surface area contributed by atoms with E-state index in [1.54, 1.807) is 12.1 Å². The molecule has 0 saturated carbocycles. The lowest BCUT2D eigenvalue weighted by Gasteiger charge is -2.38. The SMILES string of the molecule is CCc1ccc2oc(C(=O)NC3CN(C(N)=O)C3)cc(=O)c2c1. The summed E-state index contributed by atoms with van der Waals surface area (Å²) in [6.07, 6.45) is 0.815. The number of primary amides is 1. The van der Waals surface area contributed by atoms with Crippen LogP contribution in [0.15, 0.2) is 33.5 Å². The van der Waals surface area contributed by atoms with Crippen LogP contribution in [-0.4, -0.2) is 36.0 Å². The maximum Gasteiger partial charge on any atom is 0.314 e. The molecule has 0 radical (unpaired) electrons. The van der Waals surface area contributed by atoms with Crippen LogP contribution in [0.25, 0.3) is 11.0 Å². The molecule has 3 amide bonds. The Hall–Kier alpha value is -2.83. The van der Waals surface area contributed by atoms with Crippen molar-refractivity contribution >= 4 is 22.9 Å². The standard InChI is InChI=1S/C16H17N3O4/c1-2-9-3-4-13-11(5-9)12(20)6-14(23-13)15(21)18-10-7-19(8-10)16(17)22/h3-6,10H,2,7-8H2,1H3,(H2,17,22)(H,18,21). The molecule has 1 fully saturated rings. The van der Waals surface area contributed by atoms with Gasteiger partial charge in [-0.25, -0.2) is 4.79 Å². The van der Waals surface area contributed by atoms with E-state index >= 15 is 0 Å². The maximum absolute atomic E-state index is 12.2.